The fourth-order valence-electron chi connectivity index (χ4n) is 2.41. The van der Waals surface area contributed by atoms with Crippen molar-refractivity contribution in [3.8, 4) is 17.5 Å². The van der Waals surface area contributed by atoms with Crippen LogP contribution < -0.4 is 10.6 Å². The molecule has 0 amide bonds. The van der Waals surface area contributed by atoms with Crippen molar-refractivity contribution < 1.29 is 4.42 Å². The molecule has 2 N–H and O–H groups in total. The second-order valence-electron chi connectivity index (χ2n) is 5.01. The summed E-state index contributed by atoms with van der Waals surface area (Å²) in [6.45, 7) is 3.45. The normalized spacial score (nSPS) is 15.9. The molecule has 0 aromatic carbocycles. The van der Waals surface area contributed by atoms with Gasteiger partial charge in [-0.25, -0.2) is 4.98 Å². The number of anilines is 2. The molecule has 1 fully saturated rings. The maximum absolute atomic E-state index is 9.52. The Morgan fingerprint density at radius 1 is 1.29 bits per heavy atom. The van der Waals surface area contributed by atoms with Crippen LogP contribution in [0.15, 0.2) is 22.8 Å². The highest BCUT2D eigenvalue weighted by molar-refractivity contribution is 5.71. The van der Waals surface area contributed by atoms with Gasteiger partial charge in [-0.05, 0) is 19.2 Å². The molecule has 3 heterocycles. The SMILES string of the molecule is CN1CCN(c2nc(N)nc(-c3ccco3)c2C#N)CC1. The maximum atomic E-state index is 9.52. The molecule has 0 atom stereocenters. The minimum atomic E-state index is 0.148. The van der Waals surface area contributed by atoms with Crippen molar-refractivity contribution in [2.45, 2.75) is 0 Å². The van der Waals surface area contributed by atoms with Crippen LogP contribution in [0.3, 0.4) is 0 Å². The number of hydrogen-bond donors (Lipinski definition) is 1. The van der Waals surface area contributed by atoms with Crippen molar-refractivity contribution >= 4 is 11.8 Å². The Kier molecular flexibility index (Phi) is 3.46. The zero-order valence-electron chi connectivity index (χ0n) is 11.8. The second kappa shape index (κ2) is 5.42. The van der Waals surface area contributed by atoms with Gasteiger partial charge in [0.1, 0.15) is 17.3 Å². The van der Waals surface area contributed by atoms with Gasteiger partial charge in [0.2, 0.25) is 5.95 Å². The van der Waals surface area contributed by atoms with E-state index < -0.39 is 0 Å². The van der Waals surface area contributed by atoms with Gasteiger partial charge >= 0.3 is 0 Å². The van der Waals surface area contributed by atoms with Crippen molar-refractivity contribution in [1.29, 1.82) is 5.26 Å². The van der Waals surface area contributed by atoms with Crippen LogP contribution in [-0.4, -0.2) is 48.1 Å². The molecule has 1 aliphatic heterocycles. The van der Waals surface area contributed by atoms with Crippen LogP contribution in [0.4, 0.5) is 11.8 Å². The van der Waals surface area contributed by atoms with E-state index in [0.29, 0.717) is 22.8 Å². The molecule has 0 aliphatic carbocycles. The Bertz CT molecular complexity index is 668. The van der Waals surface area contributed by atoms with E-state index in [9.17, 15) is 5.26 Å². The highest BCUT2D eigenvalue weighted by atomic mass is 16.3. The summed E-state index contributed by atoms with van der Waals surface area (Å²) in [6.07, 6.45) is 1.55. The van der Waals surface area contributed by atoms with E-state index in [2.05, 4.69) is 32.9 Å². The molecule has 0 bridgehead atoms. The molecule has 0 unspecified atom stereocenters. The van der Waals surface area contributed by atoms with E-state index in [0.717, 1.165) is 26.2 Å². The van der Waals surface area contributed by atoms with Gasteiger partial charge in [-0.2, -0.15) is 10.2 Å². The number of nitrogen functional groups attached to an aromatic ring is 1. The third kappa shape index (κ3) is 2.53. The molecule has 1 aliphatic rings. The highest BCUT2D eigenvalue weighted by Gasteiger charge is 2.23. The predicted octanol–water partition coefficient (Wildman–Crippen LogP) is 0.942. The molecule has 21 heavy (non-hydrogen) atoms. The number of aromatic nitrogens is 2. The maximum Gasteiger partial charge on any atom is 0.222 e. The number of furan rings is 1. The first-order chi connectivity index (χ1) is 10.2. The molecule has 0 spiro atoms. The molecule has 0 radical (unpaired) electrons. The van der Waals surface area contributed by atoms with Crippen molar-refractivity contribution in [2.24, 2.45) is 0 Å². The smallest absolute Gasteiger partial charge is 0.222 e. The average Bonchev–Trinajstić information content (AvgIpc) is 3.01. The van der Waals surface area contributed by atoms with Gasteiger partial charge in [-0.3, -0.25) is 0 Å². The lowest BCUT2D eigenvalue weighted by atomic mass is 10.1. The molecule has 0 saturated carbocycles. The fourth-order valence-corrected chi connectivity index (χ4v) is 2.41. The first-order valence-electron chi connectivity index (χ1n) is 6.74. The molecular formula is C14H16N6O. The Balaban J connectivity index is 2.06. The largest absolute Gasteiger partial charge is 0.463 e. The average molecular weight is 284 g/mol. The van der Waals surface area contributed by atoms with Crippen LogP contribution in [0.25, 0.3) is 11.5 Å². The van der Waals surface area contributed by atoms with Gasteiger partial charge in [0.15, 0.2) is 11.6 Å². The van der Waals surface area contributed by atoms with Gasteiger partial charge in [-0.1, -0.05) is 0 Å². The second-order valence-corrected chi connectivity index (χ2v) is 5.01. The fraction of sp³-hybridized carbons (Fsp3) is 0.357. The minimum Gasteiger partial charge on any atom is -0.463 e. The summed E-state index contributed by atoms with van der Waals surface area (Å²) in [4.78, 5) is 12.8. The van der Waals surface area contributed by atoms with Crippen LogP contribution in [0, 0.1) is 11.3 Å². The van der Waals surface area contributed by atoms with Crippen molar-refractivity contribution in [3.05, 3.63) is 24.0 Å². The highest BCUT2D eigenvalue weighted by Crippen LogP contribution is 2.29. The molecule has 2 aromatic heterocycles. The summed E-state index contributed by atoms with van der Waals surface area (Å²) in [7, 11) is 2.07. The number of piperazine rings is 1. The molecule has 108 valence electrons. The third-order valence-corrected chi connectivity index (χ3v) is 3.58. The lowest BCUT2D eigenvalue weighted by Crippen LogP contribution is -2.45. The van der Waals surface area contributed by atoms with Gasteiger partial charge in [0.05, 0.1) is 6.26 Å². The zero-order chi connectivity index (χ0) is 14.8. The van der Waals surface area contributed by atoms with Crippen LogP contribution in [-0.2, 0) is 0 Å². The molecule has 1 saturated heterocycles. The minimum absolute atomic E-state index is 0.148. The van der Waals surface area contributed by atoms with Gasteiger partial charge in [0, 0.05) is 26.2 Å². The van der Waals surface area contributed by atoms with Crippen LogP contribution in [0.2, 0.25) is 0 Å². The molecular weight excluding hydrogens is 268 g/mol. The van der Waals surface area contributed by atoms with Gasteiger partial charge < -0.3 is 20.0 Å². The summed E-state index contributed by atoms with van der Waals surface area (Å²) >= 11 is 0. The number of likely N-dealkylation sites (N-methyl/N-ethyl adjacent to an activating group) is 1. The van der Waals surface area contributed by atoms with Crippen LogP contribution >= 0.6 is 0 Å². The Hall–Kier alpha value is -2.59. The Morgan fingerprint density at radius 2 is 2.05 bits per heavy atom. The predicted molar refractivity (Wildman–Crippen MR) is 78.6 cm³/mol. The Labute approximate surface area is 122 Å². The van der Waals surface area contributed by atoms with E-state index in [-0.39, 0.29) is 5.95 Å². The van der Waals surface area contributed by atoms with Crippen molar-refractivity contribution in [2.75, 3.05) is 43.9 Å². The molecule has 7 heteroatoms. The summed E-state index contributed by atoms with van der Waals surface area (Å²) in [5, 5.41) is 9.52. The van der Waals surface area contributed by atoms with E-state index in [4.69, 9.17) is 10.2 Å². The summed E-state index contributed by atoms with van der Waals surface area (Å²) < 4.78 is 5.35. The first kappa shape index (κ1) is 13.4. The lowest BCUT2D eigenvalue weighted by molar-refractivity contribution is 0.312. The summed E-state index contributed by atoms with van der Waals surface area (Å²) in [5.74, 6) is 1.26. The van der Waals surface area contributed by atoms with Gasteiger partial charge in [0.25, 0.3) is 0 Å². The van der Waals surface area contributed by atoms with Crippen molar-refractivity contribution in [1.82, 2.24) is 14.9 Å². The van der Waals surface area contributed by atoms with E-state index >= 15 is 0 Å². The standard InChI is InChI=1S/C14H16N6O/c1-19-4-6-20(7-5-19)13-10(9-15)12(17-14(16)18-13)11-3-2-8-21-11/h2-3,8H,4-7H2,1H3,(H2,16,17,18). The molecule has 3 rings (SSSR count). The molecule has 7 nitrogen and oxygen atoms in total. The first-order valence-corrected chi connectivity index (χ1v) is 6.74. The lowest BCUT2D eigenvalue weighted by Gasteiger charge is -2.33. The van der Waals surface area contributed by atoms with Crippen LogP contribution in [0.5, 0.6) is 0 Å². The summed E-state index contributed by atoms with van der Waals surface area (Å²) in [5.41, 5.74) is 6.67. The summed E-state index contributed by atoms with van der Waals surface area (Å²) in [6, 6.07) is 5.71. The number of hydrogen-bond acceptors (Lipinski definition) is 7. The quantitative estimate of drug-likeness (QED) is 0.876. The topological polar surface area (TPSA) is 95.2 Å². The number of rotatable bonds is 2. The van der Waals surface area contributed by atoms with E-state index in [1.807, 2.05) is 0 Å². The van der Waals surface area contributed by atoms with E-state index in [1.165, 1.54) is 0 Å². The van der Waals surface area contributed by atoms with Crippen molar-refractivity contribution in [3.63, 3.8) is 0 Å². The van der Waals surface area contributed by atoms with Gasteiger partial charge in [-0.15, -0.1) is 0 Å². The number of nitriles is 1. The molecule has 2 aromatic rings. The zero-order valence-corrected chi connectivity index (χ0v) is 11.8. The van der Waals surface area contributed by atoms with Crippen LogP contribution in [0.1, 0.15) is 5.56 Å². The Morgan fingerprint density at radius 3 is 2.67 bits per heavy atom. The third-order valence-electron chi connectivity index (χ3n) is 3.58. The number of nitrogens with two attached hydrogens (primary N) is 1. The number of nitrogens with zero attached hydrogens (tertiary/aromatic N) is 5. The monoisotopic (exact) mass is 284 g/mol. The van der Waals surface area contributed by atoms with E-state index in [1.54, 1.807) is 18.4 Å².